The maximum atomic E-state index is 13.6. The molecule has 0 radical (unpaired) electrons. The number of benzene rings is 2. The first-order chi connectivity index (χ1) is 13.4. The van der Waals surface area contributed by atoms with Gasteiger partial charge in [-0.1, -0.05) is 18.2 Å². The van der Waals surface area contributed by atoms with Gasteiger partial charge < -0.3 is 15.0 Å². The van der Waals surface area contributed by atoms with Crippen LogP contribution < -0.4 is 0 Å². The number of hydrogen-bond donors (Lipinski definition) is 2. The van der Waals surface area contributed by atoms with E-state index in [0.717, 1.165) is 28.6 Å². The monoisotopic (exact) mass is 382 g/mol. The number of carboxylic acid groups (broad SMARTS) is 1. The van der Waals surface area contributed by atoms with Crippen molar-refractivity contribution >= 4 is 28.4 Å². The Morgan fingerprint density at radius 3 is 2.61 bits per heavy atom. The van der Waals surface area contributed by atoms with Gasteiger partial charge in [-0.2, -0.15) is 0 Å². The number of aliphatic carboxylic acids is 1. The van der Waals surface area contributed by atoms with Gasteiger partial charge in [0.1, 0.15) is 0 Å². The Hall–Kier alpha value is -3.48. The molecule has 1 amide bonds. The van der Waals surface area contributed by atoms with Crippen molar-refractivity contribution in [3.8, 4) is 0 Å². The zero-order chi connectivity index (χ0) is 20.0. The molecule has 2 heterocycles. The lowest BCUT2D eigenvalue weighted by Gasteiger charge is -2.25. The second kappa shape index (κ2) is 6.60. The van der Waals surface area contributed by atoms with Crippen LogP contribution >= 0.6 is 0 Å². The molecule has 0 saturated heterocycles. The first-order valence-electron chi connectivity index (χ1n) is 8.69. The summed E-state index contributed by atoms with van der Waals surface area (Å²) in [7, 11) is 0. The number of H-pyrrole nitrogens is 1. The fraction of sp³-hybridized carbons (Fsp3) is 0.143. The lowest BCUT2D eigenvalue weighted by Crippen LogP contribution is -2.35. The van der Waals surface area contributed by atoms with E-state index in [0.29, 0.717) is 12.1 Å². The Bertz CT molecular complexity index is 1150. The van der Waals surface area contributed by atoms with E-state index in [9.17, 15) is 23.5 Å². The van der Waals surface area contributed by atoms with E-state index in [4.69, 9.17) is 0 Å². The van der Waals surface area contributed by atoms with E-state index in [1.54, 1.807) is 6.92 Å². The van der Waals surface area contributed by atoms with Crippen molar-refractivity contribution in [1.82, 2.24) is 9.88 Å². The van der Waals surface area contributed by atoms with Gasteiger partial charge in [-0.3, -0.25) is 4.79 Å². The van der Waals surface area contributed by atoms with E-state index in [1.165, 1.54) is 17.2 Å². The van der Waals surface area contributed by atoms with Crippen LogP contribution in [0.15, 0.2) is 48.7 Å². The molecular weight excluding hydrogens is 366 g/mol. The fourth-order valence-corrected chi connectivity index (χ4v) is 3.57. The highest BCUT2D eigenvalue weighted by molar-refractivity contribution is 6.17. The number of amides is 1. The molecule has 1 atom stereocenters. The van der Waals surface area contributed by atoms with E-state index in [1.807, 2.05) is 24.3 Å². The molecule has 142 valence electrons. The molecule has 4 rings (SSSR count). The molecule has 28 heavy (non-hydrogen) atoms. The average molecular weight is 382 g/mol. The highest BCUT2D eigenvalue weighted by Crippen LogP contribution is 2.33. The number of hydrogen-bond acceptors (Lipinski definition) is 2. The second-order valence-electron chi connectivity index (χ2n) is 6.77. The maximum absolute atomic E-state index is 13.6. The number of nitrogens with zero attached hydrogens (tertiary/aromatic N) is 1. The average Bonchev–Trinajstić information content (AvgIpc) is 2.94. The van der Waals surface area contributed by atoms with Gasteiger partial charge in [0.05, 0.1) is 11.3 Å². The zero-order valence-electron chi connectivity index (χ0n) is 14.9. The van der Waals surface area contributed by atoms with Crippen LogP contribution in [-0.4, -0.2) is 32.9 Å². The topological polar surface area (TPSA) is 73.4 Å². The molecule has 0 fully saturated rings. The Labute approximate surface area is 158 Å². The van der Waals surface area contributed by atoms with Crippen molar-refractivity contribution in [3.05, 3.63) is 77.1 Å². The number of carbonyl (C=O) groups excluding carboxylic acids is 1. The molecule has 1 aliphatic heterocycles. The third kappa shape index (κ3) is 2.85. The lowest BCUT2D eigenvalue weighted by atomic mass is 10.0. The molecule has 1 unspecified atom stereocenters. The summed E-state index contributed by atoms with van der Waals surface area (Å²) < 4.78 is 26.8. The van der Waals surface area contributed by atoms with Gasteiger partial charge in [0.15, 0.2) is 11.6 Å². The van der Waals surface area contributed by atoms with Crippen molar-refractivity contribution in [1.29, 1.82) is 0 Å². The molecule has 1 aromatic heterocycles. The SMILES string of the molecule is CC1Cc2c([nH]c3ccccc23)C(C(=O)O)=CN1C(=O)c1ccc(F)c(F)c1. The Balaban J connectivity index is 1.83. The van der Waals surface area contributed by atoms with Gasteiger partial charge in [0.25, 0.3) is 5.91 Å². The van der Waals surface area contributed by atoms with Gasteiger partial charge in [-0.05, 0) is 43.2 Å². The number of nitrogens with one attached hydrogen (secondary N) is 1. The van der Waals surface area contributed by atoms with Crippen molar-refractivity contribution in [2.45, 2.75) is 19.4 Å². The molecule has 1 aliphatic rings. The Morgan fingerprint density at radius 2 is 1.89 bits per heavy atom. The summed E-state index contributed by atoms with van der Waals surface area (Å²) >= 11 is 0. The summed E-state index contributed by atoms with van der Waals surface area (Å²) in [6, 6.07) is 9.95. The van der Waals surface area contributed by atoms with E-state index in [2.05, 4.69) is 4.98 Å². The highest BCUT2D eigenvalue weighted by atomic mass is 19.2. The van der Waals surface area contributed by atoms with Crippen LogP contribution in [0.1, 0.15) is 28.5 Å². The number of fused-ring (bicyclic) bond motifs is 3. The summed E-state index contributed by atoms with van der Waals surface area (Å²) in [6.45, 7) is 1.78. The van der Waals surface area contributed by atoms with Crippen molar-refractivity contribution in [3.63, 3.8) is 0 Å². The molecule has 0 aliphatic carbocycles. The molecule has 2 N–H and O–H groups in total. The van der Waals surface area contributed by atoms with Gasteiger partial charge >= 0.3 is 5.97 Å². The normalized spacial score (nSPS) is 16.5. The van der Waals surface area contributed by atoms with Crippen molar-refractivity contribution in [2.24, 2.45) is 0 Å². The number of carboxylic acids is 1. The van der Waals surface area contributed by atoms with Crippen LogP contribution in [0.3, 0.4) is 0 Å². The standard InChI is InChI=1S/C21H16F2N2O3/c1-11-8-14-13-4-2-3-5-18(13)24-19(14)15(21(27)28)10-25(11)20(26)12-6-7-16(22)17(23)9-12/h2-7,9-11,24H,8H2,1H3,(H,27,28). The second-order valence-corrected chi connectivity index (χ2v) is 6.77. The highest BCUT2D eigenvalue weighted by Gasteiger charge is 2.30. The number of aromatic amines is 1. The molecule has 2 aromatic carbocycles. The smallest absolute Gasteiger partial charge is 0.339 e. The van der Waals surface area contributed by atoms with Crippen molar-refractivity contribution < 1.29 is 23.5 Å². The summed E-state index contributed by atoms with van der Waals surface area (Å²) in [5.74, 6) is -3.97. The first-order valence-corrected chi connectivity index (χ1v) is 8.69. The van der Waals surface area contributed by atoms with Crippen LogP contribution in [0.25, 0.3) is 16.5 Å². The molecule has 3 aromatic rings. The summed E-state index contributed by atoms with van der Waals surface area (Å²) in [5, 5.41) is 10.6. The molecule has 5 nitrogen and oxygen atoms in total. The van der Waals surface area contributed by atoms with E-state index in [-0.39, 0.29) is 11.1 Å². The van der Waals surface area contributed by atoms with Gasteiger partial charge in [0, 0.05) is 28.7 Å². The molecule has 0 spiro atoms. The number of rotatable bonds is 2. The summed E-state index contributed by atoms with van der Waals surface area (Å²) in [6.07, 6.45) is 1.67. The lowest BCUT2D eigenvalue weighted by molar-refractivity contribution is -0.130. The van der Waals surface area contributed by atoms with Gasteiger partial charge in [-0.15, -0.1) is 0 Å². The first kappa shape index (κ1) is 17.9. The number of aromatic nitrogens is 1. The fourth-order valence-electron chi connectivity index (χ4n) is 3.57. The van der Waals surface area contributed by atoms with E-state index >= 15 is 0 Å². The Morgan fingerprint density at radius 1 is 1.14 bits per heavy atom. The number of para-hydroxylation sites is 1. The third-order valence-electron chi connectivity index (χ3n) is 4.96. The largest absolute Gasteiger partial charge is 0.478 e. The minimum Gasteiger partial charge on any atom is -0.478 e. The number of halogens is 2. The third-order valence-corrected chi connectivity index (χ3v) is 4.96. The molecule has 0 bridgehead atoms. The maximum Gasteiger partial charge on any atom is 0.339 e. The van der Waals surface area contributed by atoms with E-state index < -0.39 is 29.6 Å². The van der Waals surface area contributed by atoms with Crippen LogP contribution in [-0.2, 0) is 11.2 Å². The minimum absolute atomic E-state index is 0.0536. The minimum atomic E-state index is -1.19. The van der Waals surface area contributed by atoms with Crippen LogP contribution in [0, 0.1) is 11.6 Å². The Kier molecular flexibility index (Phi) is 4.22. The van der Waals surface area contributed by atoms with Gasteiger partial charge in [0.2, 0.25) is 0 Å². The number of carbonyl (C=O) groups is 2. The van der Waals surface area contributed by atoms with Gasteiger partial charge in [-0.25, -0.2) is 13.6 Å². The quantitative estimate of drug-likeness (QED) is 0.705. The predicted octanol–water partition coefficient (Wildman–Crippen LogP) is 3.96. The van der Waals surface area contributed by atoms with Crippen LogP contribution in [0.5, 0.6) is 0 Å². The van der Waals surface area contributed by atoms with Crippen LogP contribution in [0.4, 0.5) is 8.78 Å². The van der Waals surface area contributed by atoms with Crippen molar-refractivity contribution in [2.75, 3.05) is 0 Å². The zero-order valence-corrected chi connectivity index (χ0v) is 14.9. The molecule has 0 saturated carbocycles. The molecule has 7 heteroatoms. The summed E-state index contributed by atoms with van der Waals surface area (Å²) in [4.78, 5) is 29.2. The summed E-state index contributed by atoms with van der Waals surface area (Å²) in [5.41, 5.74) is 1.94. The predicted molar refractivity (Wildman–Crippen MR) is 99.6 cm³/mol. The van der Waals surface area contributed by atoms with Crippen LogP contribution in [0.2, 0.25) is 0 Å². The molecular formula is C21H16F2N2O3.